The molecule has 0 amide bonds. The van der Waals surface area contributed by atoms with E-state index in [1.165, 1.54) is 4.88 Å². The largest absolute Gasteiger partial charge is 0.394 e. The van der Waals surface area contributed by atoms with Gasteiger partial charge in [0, 0.05) is 17.5 Å². The lowest BCUT2D eigenvalue weighted by atomic mass is 10.2. The van der Waals surface area contributed by atoms with Gasteiger partial charge in [0.2, 0.25) is 0 Å². The molecule has 0 fully saturated rings. The Morgan fingerprint density at radius 1 is 1.53 bits per heavy atom. The van der Waals surface area contributed by atoms with E-state index in [1.54, 1.807) is 11.3 Å². The van der Waals surface area contributed by atoms with Crippen LogP contribution >= 0.6 is 11.3 Å². The van der Waals surface area contributed by atoms with E-state index in [-0.39, 0.29) is 6.61 Å². The standard InChI is InChI=1S/C11H19NO2S/c1-10(11-4-3-9-15-11)12(2)5-7-14-8-6-13/h3-4,9-10,13H,5-8H2,1-2H3. The van der Waals surface area contributed by atoms with Crippen LogP contribution in [0.3, 0.4) is 0 Å². The molecule has 1 aromatic heterocycles. The molecule has 0 bridgehead atoms. The number of aliphatic hydroxyl groups excluding tert-OH is 1. The second-order valence-electron chi connectivity index (χ2n) is 3.51. The maximum absolute atomic E-state index is 8.55. The Kier molecular flexibility index (Phi) is 5.86. The molecule has 0 aliphatic rings. The van der Waals surface area contributed by atoms with E-state index in [0.29, 0.717) is 19.3 Å². The van der Waals surface area contributed by atoms with E-state index in [4.69, 9.17) is 9.84 Å². The maximum atomic E-state index is 8.55. The van der Waals surface area contributed by atoms with Crippen LogP contribution in [0.4, 0.5) is 0 Å². The summed E-state index contributed by atoms with van der Waals surface area (Å²) in [5, 5.41) is 10.7. The van der Waals surface area contributed by atoms with E-state index >= 15 is 0 Å². The second kappa shape index (κ2) is 6.95. The molecular formula is C11H19NO2S. The van der Waals surface area contributed by atoms with Crippen LogP contribution in [-0.2, 0) is 4.74 Å². The number of thiophene rings is 1. The van der Waals surface area contributed by atoms with E-state index in [1.807, 2.05) is 0 Å². The normalized spacial score (nSPS) is 13.3. The van der Waals surface area contributed by atoms with E-state index in [0.717, 1.165) is 6.54 Å². The van der Waals surface area contributed by atoms with Gasteiger partial charge in [-0.2, -0.15) is 0 Å². The third-order valence-corrected chi connectivity index (χ3v) is 3.48. The summed E-state index contributed by atoms with van der Waals surface area (Å²) in [6.07, 6.45) is 0. The molecular weight excluding hydrogens is 210 g/mol. The minimum Gasteiger partial charge on any atom is -0.394 e. The van der Waals surface area contributed by atoms with Crippen LogP contribution in [0.5, 0.6) is 0 Å². The first kappa shape index (κ1) is 12.6. The highest BCUT2D eigenvalue weighted by atomic mass is 32.1. The zero-order valence-electron chi connectivity index (χ0n) is 9.35. The summed E-state index contributed by atoms with van der Waals surface area (Å²) in [5.74, 6) is 0. The third-order valence-electron chi connectivity index (χ3n) is 2.44. The highest BCUT2D eigenvalue weighted by Gasteiger charge is 2.11. The first-order valence-electron chi connectivity index (χ1n) is 5.18. The smallest absolute Gasteiger partial charge is 0.0698 e. The lowest BCUT2D eigenvalue weighted by molar-refractivity contribution is 0.0722. The quantitative estimate of drug-likeness (QED) is 0.723. The van der Waals surface area contributed by atoms with Crippen LogP contribution in [0.2, 0.25) is 0 Å². The molecule has 0 radical (unpaired) electrons. The molecule has 4 heteroatoms. The SMILES string of the molecule is CC(c1cccs1)N(C)CCOCCO. The van der Waals surface area contributed by atoms with Gasteiger partial charge in [-0.25, -0.2) is 0 Å². The van der Waals surface area contributed by atoms with Crippen LogP contribution in [0, 0.1) is 0 Å². The number of nitrogens with zero attached hydrogens (tertiary/aromatic N) is 1. The van der Waals surface area contributed by atoms with Gasteiger partial charge >= 0.3 is 0 Å². The fourth-order valence-corrected chi connectivity index (χ4v) is 2.16. The van der Waals surface area contributed by atoms with Crippen molar-refractivity contribution in [1.82, 2.24) is 4.90 Å². The predicted molar refractivity (Wildman–Crippen MR) is 63.3 cm³/mol. The van der Waals surface area contributed by atoms with Crippen molar-refractivity contribution in [1.29, 1.82) is 0 Å². The highest BCUT2D eigenvalue weighted by Crippen LogP contribution is 2.22. The number of likely N-dealkylation sites (N-methyl/N-ethyl adjacent to an activating group) is 1. The molecule has 0 saturated heterocycles. The Balaban J connectivity index is 2.24. The lowest BCUT2D eigenvalue weighted by Gasteiger charge is -2.23. The summed E-state index contributed by atoms with van der Waals surface area (Å²) >= 11 is 1.78. The maximum Gasteiger partial charge on any atom is 0.0698 e. The molecule has 1 heterocycles. The number of rotatable bonds is 7. The number of hydrogen-bond acceptors (Lipinski definition) is 4. The minimum atomic E-state index is 0.101. The molecule has 0 saturated carbocycles. The van der Waals surface area contributed by atoms with E-state index in [2.05, 4.69) is 36.4 Å². The molecule has 1 rings (SSSR count). The summed E-state index contributed by atoms with van der Waals surface area (Å²) in [6, 6.07) is 4.66. The predicted octanol–water partition coefficient (Wildman–Crippen LogP) is 1.75. The lowest BCUT2D eigenvalue weighted by Crippen LogP contribution is -2.26. The summed E-state index contributed by atoms with van der Waals surface area (Å²) in [4.78, 5) is 3.63. The summed E-state index contributed by atoms with van der Waals surface area (Å²) in [5.41, 5.74) is 0. The van der Waals surface area contributed by atoms with Crippen molar-refractivity contribution in [2.24, 2.45) is 0 Å². The molecule has 0 aliphatic heterocycles. The number of aliphatic hydroxyl groups is 1. The molecule has 15 heavy (non-hydrogen) atoms. The van der Waals surface area contributed by atoms with Gasteiger partial charge < -0.3 is 9.84 Å². The Hall–Kier alpha value is -0.420. The van der Waals surface area contributed by atoms with Crippen molar-refractivity contribution in [2.45, 2.75) is 13.0 Å². The Labute approximate surface area is 95.3 Å². The summed E-state index contributed by atoms with van der Waals surface area (Å²) in [7, 11) is 2.09. The zero-order chi connectivity index (χ0) is 11.1. The minimum absolute atomic E-state index is 0.101. The molecule has 1 unspecified atom stereocenters. The Morgan fingerprint density at radius 2 is 2.33 bits per heavy atom. The van der Waals surface area contributed by atoms with Crippen LogP contribution in [0.15, 0.2) is 17.5 Å². The van der Waals surface area contributed by atoms with E-state index in [9.17, 15) is 0 Å². The first-order chi connectivity index (χ1) is 7.25. The van der Waals surface area contributed by atoms with Gasteiger partial charge in [0.1, 0.15) is 0 Å². The molecule has 1 atom stereocenters. The van der Waals surface area contributed by atoms with Crippen molar-refractivity contribution in [3.63, 3.8) is 0 Å². The van der Waals surface area contributed by atoms with Crippen molar-refractivity contribution < 1.29 is 9.84 Å². The molecule has 0 aliphatic carbocycles. The third kappa shape index (κ3) is 4.30. The zero-order valence-corrected chi connectivity index (χ0v) is 10.2. The average Bonchev–Trinajstić information content (AvgIpc) is 2.76. The highest BCUT2D eigenvalue weighted by molar-refractivity contribution is 7.10. The topological polar surface area (TPSA) is 32.7 Å². The van der Waals surface area contributed by atoms with Gasteiger partial charge in [0.25, 0.3) is 0 Å². The average molecular weight is 229 g/mol. The summed E-state index contributed by atoms with van der Waals surface area (Å²) < 4.78 is 5.23. The fourth-order valence-electron chi connectivity index (χ4n) is 1.32. The molecule has 0 aromatic carbocycles. The molecule has 1 N–H and O–H groups in total. The van der Waals surface area contributed by atoms with Gasteiger partial charge in [-0.15, -0.1) is 11.3 Å². The molecule has 3 nitrogen and oxygen atoms in total. The van der Waals surface area contributed by atoms with Gasteiger partial charge in [0.05, 0.1) is 19.8 Å². The van der Waals surface area contributed by atoms with Gasteiger partial charge in [-0.1, -0.05) is 6.07 Å². The Bertz CT molecular complexity index is 251. The van der Waals surface area contributed by atoms with Gasteiger partial charge in [-0.3, -0.25) is 4.90 Å². The van der Waals surface area contributed by atoms with Crippen LogP contribution in [-0.4, -0.2) is 43.4 Å². The molecule has 0 spiro atoms. The van der Waals surface area contributed by atoms with Crippen LogP contribution in [0.1, 0.15) is 17.8 Å². The van der Waals surface area contributed by atoms with Crippen molar-refractivity contribution in [3.8, 4) is 0 Å². The van der Waals surface area contributed by atoms with Gasteiger partial charge in [0.15, 0.2) is 0 Å². The van der Waals surface area contributed by atoms with E-state index < -0.39 is 0 Å². The first-order valence-corrected chi connectivity index (χ1v) is 6.06. The number of ether oxygens (including phenoxy) is 1. The second-order valence-corrected chi connectivity index (χ2v) is 4.49. The van der Waals surface area contributed by atoms with Crippen LogP contribution in [0.25, 0.3) is 0 Å². The fraction of sp³-hybridized carbons (Fsp3) is 0.636. The van der Waals surface area contributed by atoms with Crippen LogP contribution < -0.4 is 0 Å². The van der Waals surface area contributed by atoms with Crippen molar-refractivity contribution in [2.75, 3.05) is 33.4 Å². The number of hydrogen-bond donors (Lipinski definition) is 1. The van der Waals surface area contributed by atoms with Gasteiger partial charge in [-0.05, 0) is 25.4 Å². The van der Waals surface area contributed by atoms with Crippen molar-refractivity contribution >= 4 is 11.3 Å². The Morgan fingerprint density at radius 3 is 2.93 bits per heavy atom. The van der Waals surface area contributed by atoms with Crippen molar-refractivity contribution in [3.05, 3.63) is 22.4 Å². The molecule has 1 aromatic rings. The molecule has 86 valence electrons. The monoisotopic (exact) mass is 229 g/mol. The summed E-state index contributed by atoms with van der Waals surface area (Å²) in [6.45, 7) is 4.29.